The number of aryl methyl sites for hydroxylation is 1. The van der Waals surface area contributed by atoms with Crippen LogP contribution in [0.4, 0.5) is 0 Å². The molecule has 1 aromatic carbocycles. The van der Waals surface area contributed by atoms with E-state index in [2.05, 4.69) is 5.32 Å². The van der Waals surface area contributed by atoms with Crippen molar-refractivity contribution in [2.24, 2.45) is 0 Å². The number of ether oxygens (including phenoxy) is 1. The van der Waals surface area contributed by atoms with E-state index in [4.69, 9.17) is 9.15 Å². The average Bonchev–Trinajstić information content (AvgIpc) is 2.60. The van der Waals surface area contributed by atoms with Crippen molar-refractivity contribution in [2.45, 2.75) is 48.5 Å². The van der Waals surface area contributed by atoms with E-state index in [-0.39, 0.29) is 5.91 Å². The van der Waals surface area contributed by atoms with Crippen LogP contribution in [-0.2, 0) is 9.53 Å². The number of aliphatic hydroxyl groups excluding tert-OH is 3. The van der Waals surface area contributed by atoms with Crippen molar-refractivity contribution in [3.8, 4) is 0 Å². The van der Waals surface area contributed by atoms with Crippen LogP contribution < -0.4 is 10.9 Å². The molecule has 0 unspecified atom stereocenters. The van der Waals surface area contributed by atoms with E-state index in [9.17, 15) is 24.9 Å². The van der Waals surface area contributed by atoms with Gasteiger partial charge >= 0.3 is 5.63 Å². The molecule has 146 valence electrons. The number of benzene rings is 1. The maximum atomic E-state index is 11.6. The lowest BCUT2D eigenvalue weighted by molar-refractivity contribution is -0.173. The highest BCUT2D eigenvalue weighted by atomic mass is 32.2. The van der Waals surface area contributed by atoms with Crippen LogP contribution in [0.15, 0.2) is 38.4 Å². The number of thioether (sulfide) groups is 1. The summed E-state index contributed by atoms with van der Waals surface area (Å²) in [7, 11) is 0. The standard InChI is InChI=1S/C18H21NO7S/c1-8-5-14(22)25-12-6-10(3-4-11(8)12)27-18-15(19-9(2)21)17(24)16(23)13(7-20)26-18/h3-6,13,15-18,20,23-24H,7H2,1-2H3,(H,19,21)/t13-,15-,16-,17-,18+/m1/s1. The van der Waals surface area contributed by atoms with Crippen LogP contribution in [0.3, 0.4) is 0 Å². The van der Waals surface area contributed by atoms with Gasteiger partial charge in [0.25, 0.3) is 0 Å². The number of hydrogen-bond donors (Lipinski definition) is 4. The summed E-state index contributed by atoms with van der Waals surface area (Å²) in [6.07, 6.45) is -3.62. The fraction of sp³-hybridized carbons (Fsp3) is 0.444. The molecule has 27 heavy (non-hydrogen) atoms. The zero-order valence-corrected chi connectivity index (χ0v) is 15.6. The minimum absolute atomic E-state index is 0.386. The number of fused-ring (bicyclic) bond motifs is 1. The number of hydrogen-bond acceptors (Lipinski definition) is 8. The number of aliphatic hydroxyl groups is 3. The Morgan fingerprint density at radius 3 is 2.67 bits per heavy atom. The number of amides is 1. The normalized spacial score (nSPS) is 28.3. The van der Waals surface area contributed by atoms with Crippen LogP contribution in [0.25, 0.3) is 11.0 Å². The first-order chi connectivity index (χ1) is 12.8. The topological polar surface area (TPSA) is 129 Å². The Labute approximate surface area is 159 Å². The van der Waals surface area contributed by atoms with E-state index in [0.717, 1.165) is 10.9 Å². The van der Waals surface area contributed by atoms with Gasteiger partial charge in [-0.2, -0.15) is 0 Å². The Bertz CT molecular complexity index is 899. The molecule has 0 bridgehead atoms. The molecule has 2 heterocycles. The molecular weight excluding hydrogens is 374 g/mol. The Hall–Kier alpha value is -1.91. The number of rotatable bonds is 4. The summed E-state index contributed by atoms with van der Waals surface area (Å²) in [5, 5.41) is 33.2. The summed E-state index contributed by atoms with van der Waals surface area (Å²) in [6.45, 7) is 2.63. The molecule has 1 aromatic heterocycles. The molecule has 0 saturated carbocycles. The van der Waals surface area contributed by atoms with Crippen molar-refractivity contribution in [1.82, 2.24) is 5.32 Å². The largest absolute Gasteiger partial charge is 0.423 e. The fourth-order valence-electron chi connectivity index (χ4n) is 3.08. The zero-order chi connectivity index (χ0) is 19.7. The third-order valence-electron chi connectivity index (χ3n) is 4.43. The monoisotopic (exact) mass is 395 g/mol. The third-order valence-corrected chi connectivity index (χ3v) is 5.59. The van der Waals surface area contributed by atoms with Gasteiger partial charge in [-0.05, 0) is 30.7 Å². The van der Waals surface area contributed by atoms with Crippen LogP contribution in [0.5, 0.6) is 0 Å². The zero-order valence-electron chi connectivity index (χ0n) is 14.8. The van der Waals surface area contributed by atoms with Gasteiger partial charge in [0.1, 0.15) is 29.3 Å². The van der Waals surface area contributed by atoms with Crippen molar-refractivity contribution in [1.29, 1.82) is 0 Å². The van der Waals surface area contributed by atoms with Crippen molar-refractivity contribution in [3.05, 3.63) is 40.2 Å². The highest BCUT2D eigenvalue weighted by molar-refractivity contribution is 7.99. The highest BCUT2D eigenvalue weighted by Gasteiger charge is 2.45. The minimum Gasteiger partial charge on any atom is -0.423 e. The van der Waals surface area contributed by atoms with E-state index < -0.39 is 42.0 Å². The molecule has 1 aliphatic heterocycles. The predicted molar refractivity (Wildman–Crippen MR) is 98.4 cm³/mol. The fourth-order valence-corrected chi connectivity index (χ4v) is 4.25. The van der Waals surface area contributed by atoms with E-state index in [1.807, 2.05) is 6.92 Å². The van der Waals surface area contributed by atoms with Gasteiger partial charge in [0.05, 0.1) is 12.6 Å². The molecule has 1 fully saturated rings. The van der Waals surface area contributed by atoms with Crippen molar-refractivity contribution < 1.29 is 29.3 Å². The lowest BCUT2D eigenvalue weighted by Gasteiger charge is -2.42. The molecule has 2 aromatic rings. The molecule has 1 amide bonds. The molecule has 0 aliphatic carbocycles. The summed E-state index contributed by atoms with van der Waals surface area (Å²) in [5.74, 6) is -0.386. The summed E-state index contributed by atoms with van der Waals surface area (Å²) in [6, 6.07) is 5.81. The minimum atomic E-state index is -1.33. The summed E-state index contributed by atoms with van der Waals surface area (Å²) >= 11 is 1.18. The number of nitrogens with one attached hydrogen (secondary N) is 1. The second-order valence-corrected chi connectivity index (χ2v) is 7.63. The highest BCUT2D eigenvalue weighted by Crippen LogP contribution is 2.34. The smallest absolute Gasteiger partial charge is 0.336 e. The molecule has 0 spiro atoms. The second kappa shape index (κ2) is 7.99. The number of carbonyl (C=O) groups excluding carboxylic acids is 1. The molecule has 0 radical (unpaired) electrons. The van der Waals surface area contributed by atoms with Gasteiger partial charge in [-0.25, -0.2) is 4.79 Å². The Morgan fingerprint density at radius 1 is 1.26 bits per heavy atom. The van der Waals surface area contributed by atoms with Gasteiger partial charge in [-0.3, -0.25) is 4.79 Å². The molecule has 1 saturated heterocycles. The van der Waals surface area contributed by atoms with E-state index in [1.54, 1.807) is 18.2 Å². The molecule has 4 N–H and O–H groups in total. The van der Waals surface area contributed by atoms with Gasteiger partial charge in [0.2, 0.25) is 5.91 Å². The number of carbonyl (C=O) groups is 1. The molecule has 9 heteroatoms. The van der Waals surface area contributed by atoms with Gasteiger partial charge in [0.15, 0.2) is 0 Å². The first-order valence-corrected chi connectivity index (χ1v) is 9.29. The van der Waals surface area contributed by atoms with Gasteiger partial charge in [-0.15, -0.1) is 0 Å². The quantitative estimate of drug-likeness (QED) is 0.538. The third kappa shape index (κ3) is 4.17. The first-order valence-electron chi connectivity index (χ1n) is 8.41. The summed E-state index contributed by atoms with van der Waals surface area (Å²) in [4.78, 5) is 23.8. The van der Waals surface area contributed by atoms with Crippen LogP contribution >= 0.6 is 11.8 Å². The van der Waals surface area contributed by atoms with Crippen LogP contribution in [-0.4, -0.2) is 57.6 Å². The Morgan fingerprint density at radius 2 is 2.00 bits per heavy atom. The second-order valence-electron chi connectivity index (χ2n) is 6.46. The average molecular weight is 395 g/mol. The van der Waals surface area contributed by atoms with Gasteiger partial charge in [-0.1, -0.05) is 11.8 Å². The molecule has 5 atom stereocenters. The maximum Gasteiger partial charge on any atom is 0.336 e. The van der Waals surface area contributed by atoms with E-state index in [0.29, 0.717) is 10.5 Å². The van der Waals surface area contributed by atoms with Crippen molar-refractivity contribution in [3.63, 3.8) is 0 Å². The predicted octanol–water partition coefficient (Wildman–Crippen LogP) is 0.137. The van der Waals surface area contributed by atoms with Crippen LogP contribution in [0, 0.1) is 6.92 Å². The van der Waals surface area contributed by atoms with Crippen molar-refractivity contribution in [2.75, 3.05) is 6.61 Å². The maximum absolute atomic E-state index is 11.6. The van der Waals surface area contributed by atoms with Crippen molar-refractivity contribution >= 4 is 28.6 Å². The van der Waals surface area contributed by atoms with Gasteiger partial charge in [0, 0.05) is 23.3 Å². The summed E-state index contributed by atoms with van der Waals surface area (Å²) < 4.78 is 10.9. The molecule has 3 rings (SSSR count). The SMILES string of the molecule is CC(=O)N[C@@H]1[C@@H](O)[C@H](O)[C@@H](CO)O[C@H]1Sc1ccc2c(C)cc(=O)oc2c1. The van der Waals surface area contributed by atoms with Gasteiger partial charge < -0.3 is 29.8 Å². The van der Waals surface area contributed by atoms with Crippen LogP contribution in [0.2, 0.25) is 0 Å². The lowest BCUT2D eigenvalue weighted by Crippen LogP contribution is -2.63. The van der Waals surface area contributed by atoms with E-state index in [1.165, 1.54) is 24.8 Å². The Balaban J connectivity index is 1.91. The summed E-state index contributed by atoms with van der Waals surface area (Å²) in [5.41, 5.74) is -0.0117. The van der Waals surface area contributed by atoms with Crippen LogP contribution in [0.1, 0.15) is 12.5 Å². The Kier molecular flexibility index (Phi) is 5.87. The molecule has 1 aliphatic rings. The first kappa shape index (κ1) is 19.8. The lowest BCUT2D eigenvalue weighted by atomic mass is 9.98. The molecular formula is C18H21NO7S. The molecule has 8 nitrogen and oxygen atoms in total. The van der Waals surface area contributed by atoms with E-state index >= 15 is 0 Å².